The zero-order chi connectivity index (χ0) is 93.4. The summed E-state index contributed by atoms with van der Waals surface area (Å²) in [5.41, 5.74) is 33.5. The van der Waals surface area contributed by atoms with E-state index < -0.39 is 0 Å². The third-order valence-electron chi connectivity index (χ3n) is 24.3. The van der Waals surface area contributed by atoms with Gasteiger partial charge in [-0.3, -0.25) is 70.0 Å². The number of furan rings is 4. The van der Waals surface area contributed by atoms with E-state index in [9.17, 15) is 4.79 Å². The van der Waals surface area contributed by atoms with E-state index in [1.54, 1.807) is 124 Å². The number of aromatic nitrogens is 24. The third kappa shape index (κ3) is 17.3. The van der Waals surface area contributed by atoms with Crippen molar-refractivity contribution in [2.45, 2.75) is 45.8 Å². The monoisotopic (exact) mass is 1830 g/mol. The molecular formula is C106H84N28O5. The minimum atomic E-state index is -0.189. The average Bonchev–Trinajstić information content (AvgIpc) is 1.63. The van der Waals surface area contributed by atoms with Crippen LogP contribution in [0, 0.1) is 0 Å². The van der Waals surface area contributed by atoms with Crippen LogP contribution < -0.4 is 10.6 Å². The quantitative estimate of drug-likeness (QED) is 0.0339. The van der Waals surface area contributed by atoms with Crippen molar-refractivity contribution in [2.24, 2.45) is 0 Å². The van der Waals surface area contributed by atoms with Gasteiger partial charge in [-0.1, -0.05) is 42.5 Å². The molecule has 1 saturated heterocycles. The van der Waals surface area contributed by atoms with Crippen LogP contribution in [-0.4, -0.2) is 169 Å². The maximum absolute atomic E-state index is 12.6. The Morgan fingerprint density at radius 3 is 1.05 bits per heavy atom. The zero-order valence-corrected chi connectivity index (χ0v) is 75.2. The van der Waals surface area contributed by atoms with Gasteiger partial charge < -0.3 is 53.1 Å². The molecule has 0 spiro atoms. The number of fused-ring (bicyclic) bond motifs is 8. The Labute approximate surface area is 789 Å². The smallest absolute Gasteiger partial charge is 0.255 e. The van der Waals surface area contributed by atoms with Gasteiger partial charge >= 0.3 is 0 Å². The Bertz CT molecular complexity index is 8500. The number of carbonyl (C=O) groups excluding carboxylic acids is 1. The number of carbonyl (C=O) groups is 1. The van der Waals surface area contributed by atoms with Gasteiger partial charge in [-0.05, 0) is 196 Å². The van der Waals surface area contributed by atoms with E-state index in [1.807, 2.05) is 116 Å². The minimum absolute atomic E-state index is 0.189. The highest BCUT2D eigenvalue weighted by Crippen LogP contribution is 2.41. The molecule has 0 radical (unpaired) electrons. The van der Waals surface area contributed by atoms with Crippen molar-refractivity contribution < 1.29 is 22.5 Å². The van der Waals surface area contributed by atoms with Crippen LogP contribution in [0.25, 0.3) is 223 Å². The van der Waals surface area contributed by atoms with Crippen molar-refractivity contribution in [3.63, 3.8) is 0 Å². The normalized spacial score (nSPS) is 12.2. The first kappa shape index (κ1) is 84.6. The lowest BCUT2D eigenvalue weighted by atomic mass is 10.0. The molecule has 1 aliphatic rings. The molecule has 33 nitrogen and oxygen atoms in total. The second-order valence-electron chi connectivity index (χ2n) is 34.5. The first-order valence-electron chi connectivity index (χ1n) is 45.0. The molecule has 21 heterocycles. The van der Waals surface area contributed by atoms with E-state index in [4.69, 9.17) is 37.6 Å². The number of hydrogen-bond donors (Lipinski definition) is 10. The van der Waals surface area contributed by atoms with Gasteiger partial charge in [0.25, 0.3) is 5.91 Å². The second kappa shape index (κ2) is 36.7. The van der Waals surface area contributed by atoms with Gasteiger partial charge in [0.1, 0.15) is 44.8 Å². The number of anilines is 2. The fourth-order valence-corrected chi connectivity index (χ4v) is 17.7. The maximum atomic E-state index is 12.6. The highest BCUT2D eigenvalue weighted by molar-refractivity contribution is 6.06. The van der Waals surface area contributed by atoms with Crippen LogP contribution in [0.3, 0.4) is 0 Å². The predicted molar refractivity (Wildman–Crippen MR) is 535 cm³/mol. The number of imidazole rings is 4. The summed E-state index contributed by atoms with van der Waals surface area (Å²) >= 11 is 0. The Hall–Kier alpha value is -18.6. The van der Waals surface area contributed by atoms with Crippen LogP contribution in [-0.2, 0) is 13.1 Å². The van der Waals surface area contributed by atoms with Crippen molar-refractivity contribution in [1.29, 1.82) is 0 Å². The van der Waals surface area contributed by atoms with Crippen molar-refractivity contribution in [2.75, 3.05) is 37.8 Å². The molecule has 5 aromatic carbocycles. The van der Waals surface area contributed by atoms with E-state index in [0.29, 0.717) is 46.3 Å². The molecule has 0 unspecified atom stereocenters. The molecule has 1 fully saturated rings. The first-order chi connectivity index (χ1) is 68.3. The number of hydrogen-bond acceptors (Lipinski definition) is 24. The molecule has 0 atom stereocenters. The Morgan fingerprint density at radius 1 is 0.353 bits per heavy atom. The lowest BCUT2D eigenvalue weighted by Gasteiger charge is -2.14. The molecule has 139 heavy (non-hydrogen) atoms. The number of likely N-dealkylation sites (tertiary alicyclic amines) is 1. The summed E-state index contributed by atoms with van der Waals surface area (Å²) in [5, 5.41) is 41.0. The summed E-state index contributed by atoms with van der Waals surface area (Å²) in [6.07, 6.45) is 45.0. The van der Waals surface area contributed by atoms with Gasteiger partial charge in [-0.2, -0.15) is 20.4 Å². The zero-order valence-electron chi connectivity index (χ0n) is 75.2. The molecule has 33 heteroatoms. The molecule has 25 aromatic rings. The number of nitrogens with one attached hydrogen (secondary N) is 10. The van der Waals surface area contributed by atoms with Gasteiger partial charge in [-0.15, -0.1) is 0 Å². The lowest BCUT2D eigenvalue weighted by molar-refractivity contribution is 0.102. The highest BCUT2D eigenvalue weighted by atomic mass is 16.3. The summed E-state index contributed by atoms with van der Waals surface area (Å²) in [7, 11) is 4.11. The summed E-state index contributed by atoms with van der Waals surface area (Å²) in [5.74, 6) is 2.50. The summed E-state index contributed by atoms with van der Waals surface area (Å²) in [6, 6.07) is 50.3. The van der Waals surface area contributed by atoms with Crippen molar-refractivity contribution in [1.82, 2.24) is 130 Å². The number of rotatable bonds is 20. The summed E-state index contributed by atoms with van der Waals surface area (Å²) in [4.78, 5) is 85.4. The molecule has 678 valence electrons. The van der Waals surface area contributed by atoms with E-state index in [-0.39, 0.29) is 5.91 Å². The minimum Gasteiger partial charge on any atom is -0.472 e. The maximum Gasteiger partial charge on any atom is 0.255 e. The van der Waals surface area contributed by atoms with E-state index >= 15 is 0 Å². The standard InChI is InChI=1S/C29H19N7O2.C27H23N7O.2C25H21N7O/c37-29(17-4-2-1-3-5-17)32-21-10-20(12-30-13-21)18-6-7-24-22(11-18)27(36-35-24)28-33-25-15-31-14-23(26(25)34-28)19-8-9-38-16-19;1-2-7-34(6-1)15-17-9-20(12-28-11-17)18-3-4-23-21(10-18)26(33-32-23)27-30-24-14-29-13-22(25(24)31-27)19-5-8-35-16-19;1-32(2)13-15-7-18(10-26-9-15)16-3-4-21-19(8-16)24(31-30-21)25-28-22-12-27-11-20(23(22)29-25)17-5-6-33-14-17;1-14(2)28-18-7-17(9-26-10-18)15-3-4-21-19(8-15)24(32-31-21)25-29-22-12-27-11-20(23(22)30-25)16-5-6-33-13-16/h1-16H,(H,32,37)(H,33,34)(H,35,36);3-5,8-14,16H,1-2,6-7,15H2,(H,30,31)(H,32,33);3-12,14H,13H2,1-2H3,(H,28,29)(H,30,31);3-14,28H,1-2H3,(H,29,30)(H,31,32). The van der Waals surface area contributed by atoms with Crippen LogP contribution in [0.5, 0.6) is 0 Å². The molecule has 0 aliphatic carbocycles. The SMILES string of the molecule is CC(C)Nc1cncc(-c2ccc3[nH]nc(-c4nc5c(-c6ccoc6)cncc5[nH]4)c3c2)c1.CN(C)Cc1cncc(-c2ccc3[nH]nc(-c4nc5c(-c6ccoc6)cncc5[nH]4)c3c2)c1.O=C(Nc1cncc(-c2ccc3[nH]nc(-c4nc5c(-c6ccoc6)cncc5[nH]4)c3c2)c1)c1ccccc1.c1cc(-c2cncc3[nH]c(-c4n[nH]c5ccc(-c6cncc(CN7CCCC7)c6)cc45)nc23)co1. The number of aromatic amines is 8. The number of pyridine rings is 8. The number of H-pyrrole nitrogens is 8. The number of nitrogens with zero attached hydrogens (tertiary/aromatic N) is 18. The summed E-state index contributed by atoms with van der Waals surface area (Å²) in [6.45, 7) is 8.35. The Balaban J connectivity index is 0.000000104. The van der Waals surface area contributed by atoms with Gasteiger partial charge in [0, 0.05) is 181 Å². The van der Waals surface area contributed by atoms with Gasteiger partial charge in [-0.25, -0.2) is 19.9 Å². The molecular weight excluding hydrogens is 1750 g/mol. The van der Waals surface area contributed by atoms with E-state index in [1.165, 1.54) is 37.1 Å². The third-order valence-corrected chi connectivity index (χ3v) is 24.3. The number of amides is 1. The molecule has 26 rings (SSSR count). The van der Waals surface area contributed by atoms with Gasteiger partial charge in [0.2, 0.25) is 0 Å². The molecule has 1 amide bonds. The predicted octanol–water partition coefficient (Wildman–Crippen LogP) is 22.0. The van der Waals surface area contributed by atoms with E-state index in [2.05, 4.69) is 210 Å². The first-order valence-corrected chi connectivity index (χ1v) is 45.0. The second-order valence-corrected chi connectivity index (χ2v) is 34.5. The van der Waals surface area contributed by atoms with Crippen LogP contribution in [0.1, 0.15) is 48.2 Å². The highest BCUT2D eigenvalue weighted by Gasteiger charge is 2.25. The number of benzene rings is 5. The lowest BCUT2D eigenvalue weighted by Crippen LogP contribution is -2.18. The van der Waals surface area contributed by atoms with Crippen LogP contribution in [0.4, 0.5) is 11.4 Å². The molecule has 1 aliphatic heterocycles. The largest absolute Gasteiger partial charge is 0.472 e. The molecule has 0 saturated carbocycles. The fraction of sp³-hybridized carbons (Fsp3) is 0.104. The Morgan fingerprint density at radius 2 is 0.691 bits per heavy atom. The van der Waals surface area contributed by atoms with Gasteiger partial charge in [0.05, 0.1) is 137 Å². The van der Waals surface area contributed by atoms with Crippen molar-refractivity contribution >= 4 is 105 Å². The van der Waals surface area contributed by atoms with Crippen molar-refractivity contribution in [3.05, 3.63) is 318 Å². The molecule has 0 bridgehead atoms. The van der Waals surface area contributed by atoms with Crippen LogP contribution >= 0.6 is 0 Å². The molecule has 10 N–H and O–H groups in total. The van der Waals surface area contributed by atoms with E-state index in [0.717, 1.165) is 213 Å². The Kier molecular flexibility index (Phi) is 22.4. The summed E-state index contributed by atoms with van der Waals surface area (Å²) < 4.78 is 21.0. The fourth-order valence-electron chi connectivity index (χ4n) is 17.7. The molecule has 20 aromatic heterocycles. The average molecular weight is 1830 g/mol. The van der Waals surface area contributed by atoms with Crippen LogP contribution in [0.2, 0.25) is 0 Å². The van der Waals surface area contributed by atoms with Crippen LogP contribution in [0.15, 0.2) is 319 Å². The topological polar surface area (TPSA) is 433 Å². The van der Waals surface area contributed by atoms with Crippen molar-refractivity contribution in [3.8, 4) is 135 Å². The van der Waals surface area contributed by atoms with Gasteiger partial charge in [0.15, 0.2) is 23.3 Å².